The molecule has 8 N–H and O–H groups in total. The van der Waals surface area contributed by atoms with Crippen LogP contribution in [0.4, 0.5) is 22.7 Å². The van der Waals surface area contributed by atoms with Gasteiger partial charge in [0.1, 0.15) is 23.9 Å². The maximum Gasteiger partial charge on any atom is 0.149 e. The van der Waals surface area contributed by atoms with Gasteiger partial charge in [-0.2, -0.15) is 0 Å². The number of methoxy groups -OCH3 is 1. The van der Waals surface area contributed by atoms with E-state index in [1.54, 1.807) is 7.11 Å². The molecule has 7 aliphatic heterocycles. The number of hydrogen-bond acceptors (Lipinski definition) is 16. The van der Waals surface area contributed by atoms with Crippen molar-refractivity contribution in [3.63, 3.8) is 0 Å². The number of rotatable bonds is 23. The zero-order chi connectivity index (χ0) is 96.6. The molecule has 16 heteroatoms. The van der Waals surface area contributed by atoms with Crippen molar-refractivity contribution in [2.45, 2.75) is 292 Å². The second kappa shape index (κ2) is 57.8. The number of likely N-dealkylation sites (tertiary alicyclic amines) is 2. The van der Waals surface area contributed by atoms with E-state index in [0.29, 0.717) is 77.3 Å². The van der Waals surface area contributed by atoms with Gasteiger partial charge >= 0.3 is 0 Å². The smallest absolute Gasteiger partial charge is 0.149 e. The molecule has 0 radical (unpaired) electrons. The number of ether oxygens (including phenoxy) is 2. The molecule has 0 amide bonds. The lowest BCUT2D eigenvalue weighted by atomic mass is 9.85. The molecule has 8 aromatic carbocycles. The Morgan fingerprint density at radius 1 is 0.429 bits per heavy atom. The zero-order valence-electron chi connectivity index (χ0n) is 86.9. The highest BCUT2D eigenvalue weighted by Crippen LogP contribution is 2.38. The Morgan fingerprint density at radius 2 is 0.812 bits per heavy atom. The van der Waals surface area contributed by atoms with Crippen LogP contribution < -0.4 is 56.1 Å². The number of ketones is 1. The number of Topliss-reactive ketones (excluding diaryl/α,β-unsaturated/α-hetero) is 1. The second-order valence-electron chi connectivity index (χ2n) is 41.3. The third-order valence-electron chi connectivity index (χ3n) is 28.3. The van der Waals surface area contributed by atoms with Crippen molar-refractivity contribution in [3.8, 4) is 11.5 Å². The van der Waals surface area contributed by atoms with Crippen molar-refractivity contribution in [1.29, 1.82) is 0 Å². The molecule has 7 saturated heterocycles. The quantitative estimate of drug-likeness (QED) is 0.0302. The van der Waals surface area contributed by atoms with Crippen molar-refractivity contribution in [2.24, 2.45) is 11.7 Å². The number of piperazine rings is 2. The number of carbonyl (C=O) groups is 1. The van der Waals surface area contributed by atoms with Crippen molar-refractivity contribution < 1.29 is 24.5 Å². The SMILES string of the molecule is CC(C)c1ccc(C2CCN(C)CC2)c(CO)c1.CC(C)c1ccc(C2CCN(C)CC2)cc1.CC(C)c1ccc(N2CCC(C(=O)CN)CC2)cc1.CC(C)c1ccc(N2CCC(O)CC2)cc1.CC(C)c1ccc(N2CCNC[C@@H]2C)cc1.CC(C)c1ccc(N2C[C@H](C)NC[C@H]2C)cc1.CNCCOc1ccc(C(C)C)cc1.COc1cc(C(C)C)ccc1C1CCNCC1. The van der Waals surface area contributed by atoms with Crippen LogP contribution in [-0.4, -0.2) is 196 Å². The van der Waals surface area contributed by atoms with Crippen LogP contribution in [0.25, 0.3) is 0 Å². The number of hydrogen-bond donors (Lipinski definition) is 7. The summed E-state index contributed by atoms with van der Waals surface area (Å²) in [5, 5.41) is 32.5. The van der Waals surface area contributed by atoms with E-state index in [4.69, 9.17) is 15.2 Å². The minimum absolute atomic E-state index is 0.0915. The molecule has 3 atom stereocenters. The predicted octanol–water partition coefficient (Wildman–Crippen LogP) is 23.4. The predicted molar refractivity (Wildman–Crippen MR) is 570 cm³/mol. The molecule has 0 aliphatic carbocycles. The Kier molecular flexibility index (Phi) is 47.9. The highest BCUT2D eigenvalue weighted by molar-refractivity contribution is 5.83. The summed E-state index contributed by atoms with van der Waals surface area (Å²) in [6.07, 6.45) is 11.1. The number of benzene rings is 8. The van der Waals surface area contributed by atoms with E-state index in [9.17, 15) is 15.0 Å². The summed E-state index contributed by atoms with van der Waals surface area (Å²) < 4.78 is 11.1. The Hall–Kier alpha value is -8.13. The molecule has 133 heavy (non-hydrogen) atoms. The van der Waals surface area contributed by atoms with Crippen LogP contribution in [-0.2, 0) is 11.4 Å². The lowest BCUT2D eigenvalue weighted by Gasteiger charge is -2.39. The number of carbonyl (C=O) groups excluding carboxylic acids is 1. The number of aliphatic hydroxyl groups is 2. The van der Waals surface area contributed by atoms with E-state index in [1.165, 1.54) is 149 Å². The van der Waals surface area contributed by atoms with E-state index < -0.39 is 0 Å². The summed E-state index contributed by atoms with van der Waals surface area (Å²) in [5.41, 5.74) is 27.2. The van der Waals surface area contributed by atoms with E-state index in [-0.39, 0.29) is 31.0 Å². The van der Waals surface area contributed by atoms with Crippen LogP contribution in [0.2, 0.25) is 0 Å². The van der Waals surface area contributed by atoms with E-state index in [1.807, 2.05) is 19.2 Å². The second-order valence-corrected chi connectivity index (χ2v) is 41.3. The van der Waals surface area contributed by atoms with Gasteiger partial charge in [0.05, 0.1) is 26.4 Å². The molecular weight excluding hydrogens is 1640 g/mol. The standard InChI is InChI=1S/C16H24N2O.C16H25NO.C15H24N2.C15H23NO.C15H23N.C14H22N2.C14H21NO.C12H19NO/c1-12(2)13-3-5-15(6-4-13)18-9-7-14(8-10-18)16(19)11-17;1-12(2)14-4-5-16(15(10-14)11-18)13-6-8-17(3)9-7-13;1-11(2)14-5-7-15(8-6-14)17-10-12(3)16-9-13(17)4;1-11(2)13-4-5-14(15(10-13)17-3)12-6-8-16-9-7-12;1-12(2)13-4-6-14(7-5-13)15-8-10-16(3)11-9-15;1-11(2)13-4-6-14(7-5-13)16-9-8-15-10-12(16)3;1-11(2)12-3-5-13(6-4-12)15-9-7-14(16)8-10-15;1-10(2)11-4-6-12(7-5-11)14-9-8-13-3/h3-6,12,14H,7-11,17H2,1-2H3;4-5,10,12-13,18H,6-9,11H2,1-3H3;5-8,11-13,16H,9-10H2,1-4H3;4-5,10-12,16H,6-9H2,1-3H3;4-7,12,15H,8-11H2,1-3H3;4-7,11-12,15H,8-10H2,1-3H3;3-6,11,14,16H,7-10H2,1-2H3;4-7,10,13H,8-9H2,1-3H3/t;;12-,13+;;;12-;;/m..0..0../s1. The first-order valence-electron chi connectivity index (χ1n) is 51.5. The normalized spacial score (nSPS) is 18.6. The highest BCUT2D eigenvalue weighted by Gasteiger charge is 2.28. The highest BCUT2D eigenvalue weighted by atomic mass is 16.5. The summed E-state index contributed by atoms with van der Waals surface area (Å²) in [7, 11) is 8.11. The minimum Gasteiger partial charge on any atom is -0.496 e. The largest absolute Gasteiger partial charge is 0.496 e. The lowest BCUT2D eigenvalue weighted by molar-refractivity contribution is -0.122. The molecule has 8 aromatic rings. The third kappa shape index (κ3) is 36.4. The van der Waals surface area contributed by atoms with Crippen molar-refractivity contribution in [1.82, 2.24) is 31.1 Å². The maximum atomic E-state index is 11.6. The summed E-state index contributed by atoms with van der Waals surface area (Å²) in [4.78, 5) is 26.1. The molecule has 0 aromatic heterocycles. The van der Waals surface area contributed by atoms with Gasteiger partial charge in [0, 0.05) is 112 Å². The molecule has 15 rings (SSSR count). The van der Waals surface area contributed by atoms with Gasteiger partial charge in [-0.05, 0) is 344 Å². The first-order chi connectivity index (χ1) is 63.8. The van der Waals surface area contributed by atoms with Gasteiger partial charge in [0.15, 0.2) is 0 Å². The number of nitrogens with two attached hydrogens (primary N) is 1. The maximum absolute atomic E-state index is 11.6. The first-order valence-corrected chi connectivity index (χ1v) is 51.5. The Balaban J connectivity index is 0.000000187. The monoisotopic (exact) mass is 1820 g/mol. The number of aliphatic hydroxyl groups excluding tert-OH is 2. The molecule has 0 spiro atoms. The van der Waals surface area contributed by atoms with Crippen LogP contribution in [0.3, 0.4) is 0 Å². The topological polar surface area (TPSA) is 170 Å². The van der Waals surface area contributed by atoms with Crippen LogP contribution in [0.15, 0.2) is 182 Å². The number of nitrogens with zero attached hydrogens (tertiary/aromatic N) is 6. The fourth-order valence-electron chi connectivity index (χ4n) is 18.7. The van der Waals surface area contributed by atoms with Crippen molar-refractivity contribution >= 4 is 28.5 Å². The summed E-state index contributed by atoms with van der Waals surface area (Å²) in [5.74, 6) is 9.21. The van der Waals surface area contributed by atoms with Gasteiger partial charge in [-0.1, -0.05) is 226 Å². The molecule has 734 valence electrons. The van der Waals surface area contributed by atoms with Gasteiger partial charge < -0.3 is 76.1 Å². The Bertz CT molecular complexity index is 4410. The molecule has 16 nitrogen and oxygen atoms in total. The van der Waals surface area contributed by atoms with E-state index in [0.717, 1.165) is 134 Å². The van der Waals surface area contributed by atoms with Crippen LogP contribution in [0.5, 0.6) is 11.5 Å². The number of likely N-dealkylation sites (N-methyl/N-ethyl adjacent to an activating group) is 1. The van der Waals surface area contributed by atoms with Crippen LogP contribution in [0, 0.1) is 5.92 Å². The molecule has 0 bridgehead atoms. The Labute approximate surface area is 808 Å². The zero-order valence-corrected chi connectivity index (χ0v) is 86.9. The number of anilines is 4. The molecule has 0 unspecified atom stereocenters. The van der Waals surface area contributed by atoms with Gasteiger partial charge in [0.2, 0.25) is 0 Å². The average molecular weight is 1820 g/mol. The minimum atomic E-state index is -0.0915. The fourth-order valence-corrected chi connectivity index (χ4v) is 18.7. The lowest BCUT2D eigenvalue weighted by Crippen LogP contribution is -2.54. The summed E-state index contributed by atoms with van der Waals surface area (Å²) in [6.45, 7) is 60.7. The van der Waals surface area contributed by atoms with Gasteiger partial charge in [-0.3, -0.25) is 4.79 Å². The fraction of sp³-hybridized carbons (Fsp3) is 0.581. The third-order valence-corrected chi connectivity index (χ3v) is 28.3. The van der Waals surface area contributed by atoms with E-state index >= 15 is 0 Å². The molecule has 7 aliphatic rings. The van der Waals surface area contributed by atoms with Gasteiger partial charge in [-0.15, -0.1) is 0 Å². The molecule has 7 fully saturated rings. The number of piperidine rings is 5. The Morgan fingerprint density at radius 3 is 1.23 bits per heavy atom. The molecular formula is C117H181N11O5. The average Bonchev–Trinajstić information content (AvgIpc) is 0.830. The molecule has 0 saturated carbocycles. The van der Waals surface area contributed by atoms with Crippen LogP contribution in [0.1, 0.15) is 328 Å². The number of nitrogens with one attached hydrogen (secondary N) is 4. The van der Waals surface area contributed by atoms with Gasteiger partial charge in [0.25, 0.3) is 0 Å². The van der Waals surface area contributed by atoms with E-state index in [2.05, 4.69) is 366 Å². The van der Waals surface area contributed by atoms with Crippen molar-refractivity contribution in [3.05, 3.63) is 249 Å². The van der Waals surface area contributed by atoms with Gasteiger partial charge in [-0.25, -0.2) is 0 Å². The van der Waals surface area contributed by atoms with Crippen LogP contribution >= 0.6 is 0 Å². The summed E-state index contributed by atoms with van der Waals surface area (Å²) in [6, 6.07) is 68.5. The molecule has 7 heterocycles. The van der Waals surface area contributed by atoms with Crippen molar-refractivity contribution in [2.75, 3.05) is 166 Å². The summed E-state index contributed by atoms with van der Waals surface area (Å²) >= 11 is 0. The first kappa shape index (κ1) is 110.